The fourth-order valence-corrected chi connectivity index (χ4v) is 5.39. The molecule has 0 unspecified atom stereocenters. The van der Waals surface area contributed by atoms with Crippen molar-refractivity contribution in [3.05, 3.63) is 130 Å². The lowest BCUT2D eigenvalue weighted by Crippen LogP contribution is -2.42. The van der Waals surface area contributed by atoms with Crippen molar-refractivity contribution in [1.82, 2.24) is 5.32 Å². The van der Waals surface area contributed by atoms with Crippen molar-refractivity contribution < 1.29 is 13.2 Å². The zero-order valence-corrected chi connectivity index (χ0v) is 20.8. The van der Waals surface area contributed by atoms with E-state index in [4.69, 9.17) is 23.2 Å². The lowest BCUT2D eigenvalue weighted by molar-refractivity contribution is -0.120. The minimum Gasteiger partial charge on any atom is -0.344 e. The van der Waals surface area contributed by atoms with Crippen LogP contribution in [-0.2, 0) is 14.8 Å². The third-order valence-corrected chi connectivity index (χ3v) is 7.91. The fraction of sp³-hybridized carbons (Fsp3) is 0.0741. The Morgan fingerprint density at radius 1 is 0.743 bits per heavy atom. The zero-order chi connectivity index (χ0) is 24.8. The summed E-state index contributed by atoms with van der Waals surface area (Å²) in [6, 6.07) is 30.9. The van der Waals surface area contributed by atoms with Gasteiger partial charge in [-0.2, -0.15) is 0 Å². The van der Waals surface area contributed by atoms with Gasteiger partial charge in [0.05, 0.1) is 26.7 Å². The molecule has 0 radical (unpaired) electrons. The molecule has 0 aromatic heterocycles. The van der Waals surface area contributed by atoms with Gasteiger partial charge in [-0.15, -0.1) is 0 Å². The van der Waals surface area contributed by atoms with E-state index in [0.29, 0.717) is 0 Å². The van der Waals surface area contributed by atoms with Gasteiger partial charge in [0, 0.05) is 0 Å². The van der Waals surface area contributed by atoms with Crippen molar-refractivity contribution in [2.75, 3.05) is 10.8 Å². The van der Waals surface area contributed by atoms with Crippen LogP contribution in [0.5, 0.6) is 0 Å². The molecule has 0 saturated carbocycles. The largest absolute Gasteiger partial charge is 0.344 e. The first-order valence-electron chi connectivity index (χ1n) is 10.8. The monoisotopic (exact) mass is 524 g/mol. The molecule has 35 heavy (non-hydrogen) atoms. The van der Waals surface area contributed by atoms with E-state index in [0.717, 1.165) is 15.4 Å². The molecule has 1 amide bonds. The van der Waals surface area contributed by atoms with Crippen molar-refractivity contribution >= 4 is 44.8 Å². The van der Waals surface area contributed by atoms with E-state index in [9.17, 15) is 13.2 Å². The Labute approximate surface area is 215 Å². The van der Waals surface area contributed by atoms with Crippen LogP contribution in [0.2, 0.25) is 10.0 Å². The Hall–Kier alpha value is -3.32. The second-order valence-electron chi connectivity index (χ2n) is 7.75. The third-order valence-electron chi connectivity index (χ3n) is 5.38. The average Bonchev–Trinajstić information content (AvgIpc) is 2.89. The Morgan fingerprint density at radius 3 is 1.77 bits per heavy atom. The second-order valence-corrected chi connectivity index (χ2v) is 10.4. The van der Waals surface area contributed by atoms with Gasteiger partial charge in [0.15, 0.2) is 0 Å². The number of sulfonamides is 1. The lowest BCUT2D eigenvalue weighted by atomic mass is 9.99. The summed E-state index contributed by atoms with van der Waals surface area (Å²) in [5.74, 6) is -0.478. The summed E-state index contributed by atoms with van der Waals surface area (Å²) in [6.07, 6.45) is 0. The first-order chi connectivity index (χ1) is 16.9. The Morgan fingerprint density at radius 2 is 1.26 bits per heavy atom. The highest BCUT2D eigenvalue weighted by Crippen LogP contribution is 2.30. The van der Waals surface area contributed by atoms with Crippen molar-refractivity contribution in [1.29, 1.82) is 0 Å². The predicted molar refractivity (Wildman–Crippen MR) is 140 cm³/mol. The molecule has 0 aliphatic rings. The van der Waals surface area contributed by atoms with Gasteiger partial charge in [0.25, 0.3) is 10.0 Å². The van der Waals surface area contributed by atoms with Crippen molar-refractivity contribution in [2.45, 2.75) is 10.9 Å². The first-order valence-corrected chi connectivity index (χ1v) is 13.0. The van der Waals surface area contributed by atoms with Crippen LogP contribution in [0.15, 0.2) is 114 Å². The number of anilines is 1. The van der Waals surface area contributed by atoms with Crippen molar-refractivity contribution in [3.8, 4) is 0 Å². The first kappa shape index (κ1) is 24.8. The number of hydrogen-bond donors (Lipinski definition) is 1. The number of benzene rings is 4. The maximum Gasteiger partial charge on any atom is 0.264 e. The van der Waals surface area contributed by atoms with Gasteiger partial charge in [-0.05, 0) is 41.5 Å². The number of nitrogens with zero attached hydrogens (tertiary/aromatic N) is 1. The Bertz CT molecular complexity index is 1360. The lowest BCUT2D eigenvalue weighted by Gasteiger charge is -2.26. The SMILES string of the molecule is O=C(CN(c1ccc(Cl)c(Cl)c1)S(=O)(=O)c1ccccc1)NC(c1ccccc1)c1ccccc1. The summed E-state index contributed by atoms with van der Waals surface area (Å²) >= 11 is 12.2. The highest BCUT2D eigenvalue weighted by atomic mass is 35.5. The molecule has 4 rings (SSSR count). The van der Waals surface area contributed by atoms with E-state index >= 15 is 0 Å². The molecule has 0 spiro atoms. The molecule has 4 aromatic rings. The normalized spacial score (nSPS) is 11.3. The molecule has 0 fully saturated rings. The standard InChI is InChI=1S/C27H22Cl2N2O3S/c28-24-17-16-22(18-25(24)29)31(35(33,34)23-14-8-3-9-15-23)19-26(32)30-27(20-10-4-1-5-11-20)21-12-6-2-7-13-21/h1-18,27H,19H2,(H,30,32). The van der Waals surface area contributed by atoms with E-state index in [-0.39, 0.29) is 20.6 Å². The van der Waals surface area contributed by atoms with Crippen LogP contribution in [0.3, 0.4) is 0 Å². The number of halogens is 2. The Balaban J connectivity index is 1.69. The summed E-state index contributed by atoms with van der Waals surface area (Å²) in [5, 5.41) is 3.46. The van der Waals surface area contributed by atoms with Gasteiger partial charge in [0.2, 0.25) is 5.91 Å². The molecular formula is C27H22Cl2N2O3S. The Kier molecular flexibility index (Phi) is 7.76. The highest BCUT2D eigenvalue weighted by molar-refractivity contribution is 7.92. The molecule has 0 aliphatic heterocycles. The summed E-state index contributed by atoms with van der Waals surface area (Å²) in [6.45, 7) is -0.453. The van der Waals surface area contributed by atoms with Crippen LogP contribution >= 0.6 is 23.2 Å². The molecule has 178 valence electrons. The van der Waals surface area contributed by atoms with Crippen LogP contribution in [0, 0.1) is 0 Å². The number of hydrogen-bond acceptors (Lipinski definition) is 3. The van der Waals surface area contributed by atoms with E-state index in [2.05, 4.69) is 5.32 Å². The molecule has 5 nitrogen and oxygen atoms in total. The van der Waals surface area contributed by atoms with Crippen LogP contribution in [-0.4, -0.2) is 20.9 Å². The average molecular weight is 525 g/mol. The van der Waals surface area contributed by atoms with Crippen molar-refractivity contribution in [3.63, 3.8) is 0 Å². The quantitative estimate of drug-likeness (QED) is 0.303. The van der Waals surface area contributed by atoms with Gasteiger partial charge in [-0.25, -0.2) is 8.42 Å². The molecule has 0 atom stereocenters. The summed E-state index contributed by atoms with van der Waals surface area (Å²) in [7, 11) is -4.07. The molecule has 8 heteroatoms. The molecule has 0 saturated heterocycles. The van der Waals surface area contributed by atoms with Gasteiger partial charge in [-0.1, -0.05) is 102 Å². The second kappa shape index (κ2) is 11.0. The number of amides is 1. The maximum absolute atomic E-state index is 13.6. The van der Waals surface area contributed by atoms with Crippen LogP contribution in [0.25, 0.3) is 0 Å². The van der Waals surface area contributed by atoms with Crippen LogP contribution < -0.4 is 9.62 Å². The van der Waals surface area contributed by atoms with Crippen molar-refractivity contribution in [2.24, 2.45) is 0 Å². The predicted octanol–water partition coefficient (Wildman–Crippen LogP) is 6.09. The minimum atomic E-state index is -4.07. The fourth-order valence-electron chi connectivity index (χ4n) is 3.66. The van der Waals surface area contributed by atoms with Crippen LogP contribution in [0.1, 0.15) is 17.2 Å². The van der Waals surface area contributed by atoms with E-state index in [1.807, 2.05) is 60.7 Å². The third kappa shape index (κ3) is 5.85. The van der Waals surface area contributed by atoms with Crippen LogP contribution in [0.4, 0.5) is 5.69 Å². The molecule has 4 aromatic carbocycles. The summed E-state index contributed by atoms with van der Waals surface area (Å²) < 4.78 is 28.2. The molecular weight excluding hydrogens is 503 g/mol. The molecule has 0 aliphatic carbocycles. The number of carbonyl (C=O) groups excluding carboxylic acids is 1. The zero-order valence-electron chi connectivity index (χ0n) is 18.5. The number of carbonyl (C=O) groups is 1. The van der Waals surface area contributed by atoms with Gasteiger partial charge >= 0.3 is 0 Å². The smallest absolute Gasteiger partial charge is 0.264 e. The molecule has 0 heterocycles. The maximum atomic E-state index is 13.6. The molecule has 1 N–H and O–H groups in total. The topological polar surface area (TPSA) is 66.5 Å². The van der Waals surface area contributed by atoms with E-state index in [1.54, 1.807) is 18.2 Å². The van der Waals surface area contributed by atoms with E-state index in [1.165, 1.54) is 30.3 Å². The van der Waals surface area contributed by atoms with Gasteiger partial charge < -0.3 is 5.32 Å². The number of rotatable bonds is 8. The minimum absolute atomic E-state index is 0.0570. The summed E-state index contributed by atoms with van der Waals surface area (Å²) in [5.41, 5.74) is 1.98. The van der Waals surface area contributed by atoms with Gasteiger partial charge in [0.1, 0.15) is 6.54 Å². The molecule has 0 bridgehead atoms. The number of nitrogens with one attached hydrogen (secondary N) is 1. The van der Waals surface area contributed by atoms with E-state index < -0.39 is 28.5 Å². The van der Waals surface area contributed by atoms with Gasteiger partial charge in [-0.3, -0.25) is 9.10 Å². The summed E-state index contributed by atoms with van der Waals surface area (Å²) in [4.78, 5) is 13.4. The highest BCUT2D eigenvalue weighted by Gasteiger charge is 2.28.